The minimum Gasteiger partial charge on any atom is -0.495 e. The standard InChI is InChI=1S/C12H14BrN3O/c1-8-5-9(13)6-11(17-2)12(8)14-7-10-3-4-15-16-10/h3-6,14H,7H2,1-2H3,(H,15,16). The van der Waals surface area contributed by atoms with Crippen molar-refractivity contribution in [2.75, 3.05) is 12.4 Å². The van der Waals surface area contributed by atoms with Crippen LogP contribution in [0.2, 0.25) is 0 Å². The van der Waals surface area contributed by atoms with Crippen LogP contribution in [0, 0.1) is 6.92 Å². The number of ether oxygens (including phenoxy) is 1. The minimum absolute atomic E-state index is 0.693. The van der Waals surface area contributed by atoms with Crippen molar-refractivity contribution in [3.05, 3.63) is 40.1 Å². The summed E-state index contributed by atoms with van der Waals surface area (Å²) < 4.78 is 6.37. The number of hydrogen-bond donors (Lipinski definition) is 2. The molecule has 1 aromatic carbocycles. The molecule has 5 heteroatoms. The molecule has 0 aliphatic heterocycles. The van der Waals surface area contributed by atoms with Gasteiger partial charge in [0.05, 0.1) is 25.0 Å². The van der Waals surface area contributed by atoms with Crippen molar-refractivity contribution in [3.63, 3.8) is 0 Å². The lowest BCUT2D eigenvalue weighted by molar-refractivity contribution is 0.416. The van der Waals surface area contributed by atoms with Crippen molar-refractivity contribution in [3.8, 4) is 5.75 Å². The maximum absolute atomic E-state index is 5.36. The molecule has 17 heavy (non-hydrogen) atoms. The van der Waals surface area contributed by atoms with Crippen molar-refractivity contribution in [2.45, 2.75) is 13.5 Å². The first kappa shape index (κ1) is 12.0. The van der Waals surface area contributed by atoms with Crippen LogP contribution in [0.4, 0.5) is 5.69 Å². The van der Waals surface area contributed by atoms with Gasteiger partial charge in [-0.1, -0.05) is 15.9 Å². The van der Waals surface area contributed by atoms with E-state index in [4.69, 9.17) is 4.74 Å². The van der Waals surface area contributed by atoms with E-state index in [1.165, 1.54) is 0 Å². The van der Waals surface area contributed by atoms with Crippen LogP contribution >= 0.6 is 15.9 Å². The van der Waals surface area contributed by atoms with E-state index in [-0.39, 0.29) is 0 Å². The molecule has 90 valence electrons. The first-order valence-electron chi connectivity index (χ1n) is 5.27. The van der Waals surface area contributed by atoms with E-state index in [1.54, 1.807) is 13.3 Å². The molecule has 0 amide bonds. The summed E-state index contributed by atoms with van der Waals surface area (Å²) >= 11 is 3.45. The summed E-state index contributed by atoms with van der Waals surface area (Å²) in [6.45, 7) is 2.74. The molecule has 0 spiro atoms. The number of methoxy groups -OCH3 is 1. The second-order valence-corrected chi connectivity index (χ2v) is 4.65. The Hall–Kier alpha value is -1.49. The molecular weight excluding hydrogens is 282 g/mol. The Bertz CT molecular complexity index is 497. The van der Waals surface area contributed by atoms with Gasteiger partial charge in [-0.05, 0) is 30.7 Å². The van der Waals surface area contributed by atoms with E-state index in [0.717, 1.165) is 27.2 Å². The number of aromatic amines is 1. The van der Waals surface area contributed by atoms with Crippen molar-refractivity contribution in [1.82, 2.24) is 10.2 Å². The number of rotatable bonds is 4. The molecular formula is C12H14BrN3O. The van der Waals surface area contributed by atoms with Crippen LogP contribution in [0.3, 0.4) is 0 Å². The fourth-order valence-electron chi connectivity index (χ4n) is 1.67. The van der Waals surface area contributed by atoms with Crippen LogP contribution in [0.5, 0.6) is 5.75 Å². The number of anilines is 1. The summed E-state index contributed by atoms with van der Waals surface area (Å²) in [5.41, 5.74) is 3.18. The highest BCUT2D eigenvalue weighted by molar-refractivity contribution is 9.10. The van der Waals surface area contributed by atoms with Gasteiger partial charge in [0.15, 0.2) is 0 Å². The van der Waals surface area contributed by atoms with Crippen LogP contribution in [0.1, 0.15) is 11.3 Å². The summed E-state index contributed by atoms with van der Waals surface area (Å²) in [7, 11) is 1.67. The molecule has 0 unspecified atom stereocenters. The largest absolute Gasteiger partial charge is 0.495 e. The minimum atomic E-state index is 0.693. The maximum atomic E-state index is 5.36. The Morgan fingerprint density at radius 3 is 2.94 bits per heavy atom. The second kappa shape index (κ2) is 5.23. The van der Waals surface area contributed by atoms with Crippen molar-refractivity contribution in [1.29, 1.82) is 0 Å². The maximum Gasteiger partial charge on any atom is 0.143 e. The number of nitrogens with one attached hydrogen (secondary N) is 2. The molecule has 0 saturated heterocycles. The zero-order valence-electron chi connectivity index (χ0n) is 9.75. The molecule has 0 atom stereocenters. The first-order valence-corrected chi connectivity index (χ1v) is 6.06. The molecule has 0 aliphatic carbocycles. The van der Waals surface area contributed by atoms with Gasteiger partial charge in [0, 0.05) is 10.7 Å². The second-order valence-electron chi connectivity index (χ2n) is 3.74. The number of nitrogens with zero attached hydrogens (tertiary/aromatic N) is 1. The van der Waals surface area contributed by atoms with Crippen molar-refractivity contribution in [2.24, 2.45) is 0 Å². The SMILES string of the molecule is COc1cc(Br)cc(C)c1NCc1ccn[nH]1. The normalized spacial score (nSPS) is 10.3. The van der Waals surface area contributed by atoms with Gasteiger partial charge in [0.25, 0.3) is 0 Å². The third-order valence-corrected chi connectivity index (χ3v) is 2.96. The molecule has 2 rings (SSSR count). The fourth-order valence-corrected chi connectivity index (χ4v) is 2.22. The zero-order chi connectivity index (χ0) is 12.3. The van der Waals surface area contributed by atoms with Gasteiger partial charge >= 0.3 is 0 Å². The number of benzene rings is 1. The highest BCUT2D eigenvalue weighted by atomic mass is 79.9. The predicted octanol–water partition coefficient (Wildman–Crippen LogP) is 3.10. The van der Waals surface area contributed by atoms with Gasteiger partial charge in [0.1, 0.15) is 5.75 Å². The van der Waals surface area contributed by atoms with E-state index in [0.29, 0.717) is 6.54 Å². The topological polar surface area (TPSA) is 49.9 Å². The fraction of sp³-hybridized carbons (Fsp3) is 0.250. The first-order chi connectivity index (χ1) is 8.20. The number of aromatic nitrogens is 2. The summed E-state index contributed by atoms with van der Waals surface area (Å²) in [4.78, 5) is 0. The van der Waals surface area contributed by atoms with Crippen LogP contribution in [-0.4, -0.2) is 17.3 Å². The quantitative estimate of drug-likeness (QED) is 0.911. The Balaban J connectivity index is 2.19. The highest BCUT2D eigenvalue weighted by Gasteiger charge is 2.08. The van der Waals surface area contributed by atoms with Crippen LogP contribution in [0.25, 0.3) is 0 Å². The van der Waals surface area contributed by atoms with Gasteiger partial charge in [-0.15, -0.1) is 0 Å². The lowest BCUT2D eigenvalue weighted by Crippen LogP contribution is -2.03. The van der Waals surface area contributed by atoms with E-state index in [9.17, 15) is 0 Å². The Labute approximate surface area is 109 Å². The molecule has 0 bridgehead atoms. The number of hydrogen-bond acceptors (Lipinski definition) is 3. The van der Waals surface area contributed by atoms with E-state index in [1.807, 2.05) is 19.1 Å². The highest BCUT2D eigenvalue weighted by Crippen LogP contribution is 2.32. The lowest BCUT2D eigenvalue weighted by Gasteiger charge is -2.14. The molecule has 2 aromatic rings. The van der Waals surface area contributed by atoms with Crippen LogP contribution in [0.15, 0.2) is 28.9 Å². The number of aryl methyl sites for hydroxylation is 1. The van der Waals surface area contributed by atoms with Crippen LogP contribution < -0.4 is 10.1 Å². The third-order valence-electron chi connectivity index (χ3n) is 2.50. The predicted molar refractivity (Wildman–Crippen MR) is 71.3 cm³/mol. The molecule has 0 saturated carbocycles. The average molecular weight is 296 g/mol. The van der Waals surface area contributed by atoms with Crippen LogP contribution in [-0.2, 0) is 6.54 Å². The van der Waals surface area contributed by atoms with E-state index >= 15 is 0 Å². The average Bonchev–Trinajstić information content (AvgIpc) is 2.79. The molecule has 1 aromatic heterocycles. The molecule has 1 heterocycles. The monoisotopic (exact) mass is 295 g/mol. The lowest BCUT2D eigenvalue weighted by atomic mass is 10.2. The summed E-state index contributed by atoms with van der Waals surface area (Å²) in [6.07, 6.45) is 1.74. The van der Waals surface area contributed by atoms with Gasteiger partial charge in [-0.3, -0.25) is 5.10 Å². The smallest absolute Gasteiger partial charge is 0.143 e. The van der Waals surface area contributed by atoms with Crippen molar-refractivity contribution < 1.29 is 4.74 Å². The summed E-state index contributed by atoms with van der Waals surface area (Å²) in [6, 6.07) is 5.94. The Kier molecular flexibility index (Phi) is 3.68. The number of halogens is 1. The molecule has 0 radical (unpaired) electrons. The van der Waals surface area contributed by atoms with Crippen molar-refractivity contribution >= 4 is 21.6 Å². The molecule has 2 N–H and O–H groups in total. The Morgan fingerprint density at radius 1 is 1.47 bits per heavy atom. The summed E-state index contributed by atoms with van der Waals surface area (Å²) in [5.74, 6) is 0.830. The van der Waals surface area contributed by atoms with Gasteiger partial charge in [0.2, 0.25) is 0 Å². The molecule has 0 aliphatic rings. The summed E-state index contributed by atoms with van der Waals surface area (Å²) in [5, 5.41) is 10.2. The van der Waals surface area contributed by atoms with Gasteiger partial charge in [-0.25, -0.2) is 0 Å². The molecule has 0 fully saturated rings. The third kappa shape index (κ3) is 2.79. The van der Waals surface area contributed by atoms with Gasteiger partial charge in [-0.2, -0.15) is 5.10 Å². The Morgan fingerprint density at radius 2 is 2.29 bits per heavy atom. The van der Waals surface area contributed by atoms with Gasteiger partial charge < -0.3 is 10.1 Å². The van der Waals surface area contributed by atoms with E-state index < -0.39 is 0 Å². The number of H-pyrrole nitrogens is 1. The zero-order valence-corrected chi connectivity index (χ0v) is 11.3. The van der Waals surface area contributed by atoms with E-state index in [2.05, 4.69) is 37.5 Å². The molecule has 4 nitrogen and oxygen atoms in total.